The molecule has 1 unspecified atom stereocenters. The zero-order chi connectivity index (χ0) is 14.5. The molecule has 0 aromatic heterocycles. The van der Waals surface area contributed by atoms with E-state index in [4.69, 9.17) is 11.6 Å². The smallest absolute Gasteiger partial charge is 0.251 e. The lowest BCUT2D eigenvalue weighted by Gasteiger charge is -2.15. The molecular formula is C16H15ClINO. The van der Waals surface area contributed by atoms with Crippen molar-refractivity contribution in [3.8, 4) is 0 Å². The van der Waals surface area contributed by atoms with Crippen LogP contribution in [0.3, 0.4) is 0 Å². The Morgan fingerprint density at radius 2 is 2.00 bits per heavy atom. The molecule has 0 bridgehead atoms. The topological polar surface area (TPSA) is 29.1 Å². The van der Waals surface area contributed by atoms with E-state index in [1.165, 1.54) is 0 Å². The molecule has 2 aromatic carbocycles. The zero-order valence-electron chi connectivity index (χ0n) is 11.1. The van der Waals surface area contributed by atoms with Gasteiger partial charge >= 0.3 is 0 Å². The predicted octanol–water partition coefficient (Wildman–Crippen LogP) is 4.31. The van der Waals surface area contributed by atoms with Crippen molar-refractivity contribution in [1.29, 1.82) is 0 Å². The number of benzene rings is 2. The third-order valence-electron chi connectivity index (χ3n) is 2.95. The van der Waals surface area contributed by atoms with E-state index in [-0.39, 0.29) is 11.9 Å². The number of halogens is 2. The lowest BCUT2D eigenvalue weighted by atomic mass is 10.1. The van der Waals surface area contributed by atoms with E-state index < -0.39 is 0 Å². The van der Waals surface area contributed by atoms with Crippen molar-refractivity contribution in [3.63, 3.8) is 0 Å². The summed E-state index contributed by atoms with van der Waals surface area (Å²) in [5.41, 5.74) is 1.73. The summed E-state index contributed by atoms with van der Waals surface area (Å²) in [4.78, 5) is 12.1. The molecule has 0 heterocycles. The highest BCUT2D eigenvalue weighted by atomic mass is 127. The van der Waals surface area contributed by atoms with Crippen molar-refractivity contribution in [2.45, 2.75) is 19.4 Å². The second-order valence-electron chi connectivity index (χ2n) is 4.68. The number of rotatable bonds is 4. The maximum absolute atomic E-state index is 12.1. The minimum atomic E-state index is -0.0527. The van der Waals surface area contributed by atoms with Crippen LogP contribution in [0.2, 0.25) is 5.02 Å². The molecule has 2 aromatic rings. The van der Waals surface area contributed by atoms with E-state index in [0.29, 0.717) is 5.56 Å². The maximum Gasteiger partial charge on any atom is 0.251 e. The Bertz CT molecular complexity index is 615. The lowest BCUT2D eigenvalue weighted by molar-refractivity contribution is 0.0940. The number of hydrogen-bond donors (Lipinski definition) is 1. The summed E-state index contributed by atoms with van der Waals surface area (Å²) < 4.78 is 1.05. The minimum Gasteiger partial charge on any atom is -0.349 e. The van der Waals surface area contributed by atoms with Gasteiger partial charge in [-0.1, -0.05) is 35.9 Å². The van der Waals surface area contributed by atoms with Crippen LogP contribution in [0.4, 0.5) is 0 Å². The molecule has 1 atom stereocenters. The van der Waals surface area contributed by atoms with E-state index in [0.717, 1.165) is 20.6 Å². The van der Waals surface area contributed by atoms with Crippen molar-refractivity contribution in [2.75, 3.05) is 0 Å². The Kier molecular flexibility index (Phi) is 5.43. The summed E-state index contributed by atoms with van der Waals surface area (Å²) in [5.74, 6) is -0.0527. The largest absolute Gasteiger partial charge is 0.349 e. The van der Waals surface area contributed by atoms with E-state index in [9.17, 15) is 4.79 Å². The third kappa shape index (κ3) is 4.21. The molecule has 0 aliphatic carbocycles. The van der Waals surface area contributed by atoms with Crippen molar-refractivity contribution in [1.82, 2.24) is 5.32 Å². The summed E-state index contributed by atoms with van der Waals surface area (Å²) in [6.45, 7) is 1.98. The fourth-order valence-electron chi connectivity index (χ4n) is 1.98. The average molecular weight is 400 g/mol. The van der Waals surface area contributed by atoms with Crippen LogP contribution in [0.1, 0.15) is 22.8 Å². The van der Waals surface area contributed by atoms with Crippen LogP contribution in [0, 0.1) is 3.57 Å². The first-order valence-corrected chi connectivity index (χ1v) is 7.82. The molecule has 0 aliphatic heterocycles. The number of amides is 1. The zero-order valence-corrected chi connectivity index (χ0v) is 14.0. The van der Waals surface area contributed by atoms with Crippen LogP contribution < -0.4 is 5.32 Å². The molecule has 2 nitrogen and oxygen atoms in total. The van der Waals surface area contributed by atoms with Gasteiger partial charge in [0.1, 0.15) is 0 Å². The summed E-state index contributed by atoms with van der Waals surface area (Å²) in [6, 6.07) is 15.3. The highest BCUT2D eigenvalue weighted by Crippen LogP contribution is 2.16. The van der Waals surface area contributed by atoms with Gasteiger partial charge in [0.25, 0.3) is 5.91 Å². The SMILES string of the molecule is CC(Cc1ccccc1Cl)NC(=O)c1cccc(I)c1. The highest BCUT2D eigenvalue weighted by Gasteiger charge is 2.11. The van der Waals surface area contributed by atoms with Crippen LogP contribution in [-0.2, 0) is 6.42 Å². The van der Waals surface area contributed by atoms with Gasteiger partial charge in [0.05, 0.1) is 0 Å². The molecule has 1 amide bonds. The maximum atomic E-state index is 12.1. The molecule has 4 heteroatoms. The second kappa shape index (κ2) is 7.09. The van der Waals surface area contributed by atoms with Crippen LogP contribution >= 0.6 is 34.2 Å². The standard InChI is InChI=1S/C16H15ClINO/c1-11(9-12-5-2-3-8-15(12)17)19-16(20)13-6-4-7-14(18)10-13/h2-8,10-11H,9H2,1H3,(H,19,20). The molecule has 104 valence electrons. The Balaban J connectivity index is 2.00. The van der Waals surface area contributed by atoms with Gasteiger partial charge in [0, 0.05) is 20.2 Å². The first-order valence-electron chi connectivity index (χ1n) is 6.36. The molecule has 0 fully saturated rings. The first kappa shape index (κ1) is 15.3. The first-order chi connectivity index (χ1) is 9.56. The molecule has 2 rings (SSSR count). The molecule has 0 spiro atoms. The Hall–Kier alpha value is -1.07. The van der Waals surface area contributed by atoms with Gasteiger partial charge in [-0.2, -0.15) is 0 Å². The van der Waals surface area contributed by atoms with E-state index >= 15 is 0 Å². The Labute approximate surface area is 137 Å². The molecule has 1 N–H and O–H groups in total. The third-order valence-corrected chi connectivity index (χ3v) is 3.99. The van der Waals surface area contributed by atoms with Gasteiger partial charge < -0.3 is 5.32 Å². The van der Waals surface area contributed by atoms with Gasteiger partial charge in [-0.3, -0.25) is 4.79 Å². The van der Waals surface area contributed by atoms with Crippen molar-refractivity contribution < 1.29 is 4.79 Å². The fraction of sp³-hybridized carbons (Fsp3) is 0.188. The fourth-order valence-corrected chi connectivity index (χ4v) is 2.74. The van der Waals surface area contributed by atoms with Crippen LogP contribution in [0.25, 0.3) is 0 Å². The predicted molar refractivity (Wildman–Crippen MR) is 91.2 cm³/mol. The molecule has 0 aliphatic rings. The molecule has 20 heavy (non-hydrogen) atoms. The monoisotopic (exact) mass is 399 g/mol. The van der Waals surface area contributed by atoms with Gasteiger partial charge in [0.2, 0.25) is 0 Å². The molecule has 0 saturated heterocycles. The number of nitrogens with one attached hydrogen (secondary N) is 1. The van der Waals surface area contributed by atoms with E-state index in [1.54, 1.807) is 0 Å². The van der Waals surface area contributed by atoms with Crippen LogP contribution in [-0.4, -0.2) is 11.9 Å². The van der Waals surface area contributed by atoms with Gasteiger partial charge in [0.15, 0.2) is 0 Å². The summed E-state index contributed by atoms with van der Waals surface area (Å²) in [5, 5.41) is 3.74. The molecular weight excluding hydrogens is 385 g/mol. The summed E-state index contributed by atoms with van der Waals surface area (Å²) in [7, 11) is 0. The highest BCUT2D eigenvalue weighted by molar-refractivity contribution is 14.1. The number of carbonyl (C=O) groups is 1. The van der Waals surface area contributed by atoms with E-state index in [1.807, 2.05) is 55.5 Å². The van der Waals surface area contributed by atoms with Crippen molar-refractivity contribution in [2.24, 2.45) is 0 Å². The Morgan fingerprint density at radius 1 is 1.25 bits per heavy atom. The summed E-state index contributed by atoms with van der Waals surface area (Å²) >= 11 is 8.33. The quantitative estimate of drug-likeness (QED) is 0.763. The van der Waals surface area contributed by atoms with Crippen molar-refractivity contribution in [3.05, 3.63) is 68.3 Å². The number of hydrogen-bond acceptors (Lipinski definition) is 1. The average Bonchev–Trinajstić information content (AvgIpc) is 2.41. The lowest BCUT2D eigenvalue weighted by Crippen LogP contribution is -2.34. The van der Waals surface area contributed by atoms with Crippen LogP contribution in [0.15, 0.2) is 48.5 Å². The van der Waals surface area contributed by atoms with Gasteiger partial charge in [-0.05, 0) is 65.8 Å². The second-order valence-corrected chi connectivity index (χ2v) is 6.33. The van der Waals surface area contributed by atoms with E-state index in [2.05, 4.69) is 27.9 Å². The molecule has 0 saturated carbocycles. The van der Waals surface area contributed by atoms with Crippen LogP contribution in [0.5, 0.6) is 0 Å². The molecule has 0 radical (unpaired) electrons. The Morgan fingerprint density at radius 3 is 2.70 bits per heavy atom. The summed E-state index contributed by atoms with van der Waals surface area (Å²) in [6.07, 6.45) is 0.718. The minimum absolute atomic E-state index is 0.0280. The normalized spacial score (nSPS) is 11.9. The van der Waals surface area contributed by atoms with Gasteiger partial charge in [-0.25, -0.2) is 0 Å². The number of carbonyl (C=O) groups excluding carboxylic acids is 1. The van der Waals surface area contributed by atoms with Crippen molar-refractivity contribution >= 4 is 40.1 Å². The van der Waals surface area contributed by atoms with Gasteiger partial charge in [-0.15, -0.1) is 0 Å².